The van der Waals surface area contributed by atoms with Crippen molar-refractivity contribution in [3.05, 3.63) is 174 Å². The highest BCUT2D eigenvalue weighted by molar-refractivity contribution is 6.10. The van der Waals surface area contributed by atoms with Gasteiger partial charge in [0, 0.05) is 33.7 Å². The lowest BCUT2D eigenvalue weighted by molar-refractivity contribution is 1.02. The number of fused-ring (bicyclic) bond motifs is 3. The lowest BCUT2D eigenvalue weighted by atomic mass is 9.95. The normalized spacial score (nSPS) is 14.0. The van der Waals surface area contributed by atoms with Crippen LogP contribution in [-0.4, -0.2) is 21.9 Å². The molecule has 4 nitrogen and oxygen atoms in total. The van der Waals surface area contributed by atoms with Crippen molar-refractivity contribution in [1.29, 1.82) is 0 Å². The fraction of sp³-hybridized carbons (Fsp3) is 0.120. The molecule has 5 aromatic carbocycles. The summed E-state index contributed by atoms with van der Waals surface area (Å²) in [6, 6.07) is 41.0. The average Bonchev–Trinajstić information content (AvgIpc) is 3.23. The van der Waals surface area contributed by atoms with Crippen LogP contribution in [0, 0.1) is 13.8 Å². The first-order valence-electron chi connectivity index (χ1n) is 18.8. The van der Waals surface area contributed by atoms with E-state index in [4.69, 9.17) is 20.0 Å². The maximum Gasteiger partial charge on any atom is 0.0925 e. The van der Waals surface area contributed by atoms with Gasteiger partial charge in [0.1, 0.15) is 0 Å². The van der Waals surface area contributed by atoms with Gasteiger partial charge in [-0.3, -0.25) is 4.99 Å². The molecular weight excluding hydrogens is 657 g/mol. The molecule has 3 heterocycles. The number of pyridine rings is 2. The molecular formula is C50H40N4. The van der Waals surface area contributed by atoms with Crippen LogP contribution in [0.25, 0.3) is 61.0 Å². The standard InChI is InChI=1S/C50H40N4/c1-4-44(54-49-32(2)12-13-39-11-8-30-51-50(39)49)36-18-20-38(21-19-36)46-28-25-43-33(3)42(24-29-48(43)53-46)40-22-26-47-41(31-40)23-27-45(52-47)37-16-14-35(15-17-37)34-9-6-5-7-10-34/h4,6,9-10,12-31H,1,5,7-8,11H2,2-3H3. The second-order valence-corrected chi connectivity index (χ2v) is 14.2. The van der Waals surface area contributed by atoms with Crippen LogP contribution in [0.5, 0.6) is 0 Å². The van der Waals surface area contributed by atoms with Crippen LogP contribution in [0.3, 0.4) is 0 Å². The van der Waals surface area contributed by atoms with Gasteiger partial charge in [0.05, 0.1) is 39.5 Å². The monoisotopic (exact) mass is 696 g/mol. The number of allylic oxidation sites excluding steroid dienone is 5. The Morgan fingerprint density at radius 3 is 2.19 bits per heavy atom. The molecule has 0 N–H and O–H groups in total. The molecule has 4 heteroatoms. The van der Waals surface area contributed by atoms with Gasteiger partial charge in [-0.1, -0.05) is 110 Å². The Labute approximate surface area is 316 Å². The molecule has 0 spiro atoms. The number of hydrogen-bond acceptors (Lipinski definition) is 4. The summed E-state index contributed by atoms with van der Waals surface area (Å²) < 4.78 is 0. The van der Waals surface area contributed by atoms with Crippen molar-refractivity contribution in [3.8, 4) is 33.6 Å². The predicted molar refractivity (Wildman–Crippen MR) is 228 cm³/mol. The molecule has 0 fully saturated rings. The number of aliphatic imine (C=N–C) groups is 2. The zero-order chi connectivity index (χ0) is 36.6. The third kappa shape index (κ3) is 6.30. The smallest absolute Gasteiger partial charge is 0.0925 e. The quantitative estimate of drug-likeness (QED) is 0.156. The van der Waals surface area contributed by atoms with Crippen molar-refractivity contribution in [2.75, 3.05) is 0 Å². The van der Waals surface area contributed by atoms with Crippen LogP contribution < -0.4 is 0 Å². The number of benzene rings is 5. The topological polar surface area (TPSA) is 50.5 Å². The van der Waals surface area contributed by atoms with Crippen LogP contribution in [0.2, 0.25) is 0 Å². The summed E-state index contributed by atoms with van der Waals surface area (Å²) in [6.07, 6.45) is 14.8. The molecule has 0 saturated carbocycles. The molecule has 54 heavy (non-hydrogen) atoms. The number of aryl methyl sites for hydroxylation is 3. The molecule has 260 valence electrons. The molecule has 1 aliphatic carbocycles. The van der Waals surface area contributed by atoms with Gasteiger partial charge < -0.3 is 0 Å². The Morgan fingerprint density at radius 1 is 0.685 bits per heavy atom. The highest BCUT2D eigenvalue weighted by Crippen LogP contribution is 2.38. The van der Waals surface area contributed by atoms with Gasteiger partial charge in [0.15, 0.2) is 0 Å². The second-order valence-electron chi connectivity index (χ2n) is 14.2. The Morgan fingerprint density at radius 2 is 1.41 bits per heavy atom. The third-order valence-electron chi connectivity index (χ3n) is 10.8. The Kier molecular flexibility index (Phi) is 8.72. The van der Waals surface area contributed by atoms with Crippen molar-refractivity contribution in [2.24, 2.45) is 9.98 Å². The molecule has 0 atom stereocenters. The van der Waals surface area contributed by atoms with Crippen LogP contribution in [0.4, 0.5) is 11.4 Å². The minimum atomic E-state index is 0.828. The van der Waals surface area contributed by atoms with E-state index in [0.717, 1.165) is 98.2 Å². The van der Waals surface area contributed by atoms with Gasteiger partial charge in [0.2, 0.25) is 0 Å². The van der Waals surface area contributed by atoms with Gasteiger partial charge in [0.25, 0.3) is 0 Å². The maximum absolute atomic E-state index is 5.10. The van der Waals surface area contributed by atoms with E-state index in [2.05, 4.69) is 154 Å². The summed E-state index contributed by atoms with van der Waals surface area (Å²) in [5, 5.41) is 2.27. The van der Waals surface area contributed by atoms with Gasteiger partial charge in [-0.25, -0.2) is 15.0 Å². The zero-order valence-corrected chi connectivity index (χ0v) is 30.7. The van der Waals surface area contributed by atoms with Gasteiger partial charge in [-0.05, 0) is 115 Å². The third-order valence-corrected chi connectivity index (χ3v) is 10.8. The van der Waals surface area contributed by atoms with Crippen molar-refractivity contribution >= 4 is 50.7 Å². The molecule has 7 aromatic rings. The molecule has 0 unspecified atom stereocenters. The second kappa shape index (κ2) is 14.1. The average molecular weight is 697 g/mol. The highest BCUT2D eigenvalue weighted by Gasteiger charge is 2.15. The molecule has 0 bridgehead atoms. The van der Waals surface area contributed by atoms with Crippen molar-refractivity contribution in [2.45, 2.75) is 39.5 Å². The first kappa shape index (κ1) is 33.3. The number of aromatic nitrogens is 2. The van der Waals surface area contributed by atoms with E-state index < -0.39 is 0 Å². The molecule has 0 radical (unpaired) electrons. The molecule has 1 aliphatic heterocycles. The number of hydrogen-bond donors (Lipinski definition) is 0. The van der Waals surface area contributed by atoms with Gasteiger partial charge in [-0.15, -0.1) is 0 Å². The van der Waals surface area contributed by atoms with E-state index in [-0.39, 0.29) is 0 Å². The fourth-order valence-electron chi connectivity index (χ4n) is 7.69. The molecule has 9 rings (SSSR count). The summed E-state index contributed by atoms with van der Waals surface area (Å²) in [4.78, 5) is 19.9. The Bertz CT molecular complexity index is 2730. The van der Waals surface area contributed by atoms with E-state index in [1.165, 1.54) is 33.4 Å². The van der Waals surface area contributed by atoms with Crippen molar-refractivity contribution in [1.82, 2.24) is 9.97 Å². The molecule has 0 amide bonds. The van der Waals surface area contributed by atoms with Crippen molar-refractivity contribution < 1.29 is 0 Å². The van der Waals surface area contributed by atoms with E-state index in [0.29, 0.717) is 0 Å². The maximum atomic E-state index is 5.10. The van der Waals surface area contributed by atoms with E-state index in [1.807, 2.05) is 12.3 Å². The van der Waals surface area contributed by atoms with Gasteiger partial charge >= 0.3 is 0 Å². The SMILES string of the molecule is C=CC(=Nc1c(C)ccc2c1N=CCC2)c1ccc(-c2ccc3c(C)c(-c4ccc5nc(-c6ccc(C7=CCCC=C7)cc6)ccc5c4)ccc3n2)cc1. The summed E-state index contributed by atoms with van der Waals surface area (Å²) in [5.41, 5.74) is 18.3. The van der Waals surface area contributed by atoms with E-state index in [1.54, 1.807) is 0 Å². The first-order valence-corrected chi connectivity index (χ1v) is 18.8. The van der Waals surface area contributed by atoms with Crippen LogP contribution in [-0.2, 0) is 6.42 Å². The largest absolute Gasteiger partial charge is 0.259 e. The molecule has 0 saturated heterocycles. The van der Waals surface area contributed by atoms with Crippen molar-refractivity contribution in [3.63, 3.8) is 0 Å². The lowest BCUT2D eigenvalue weighted by Crippen LogP contribution is -1.99. The van der Waals surface area contributed by atoms with E-state index in [9.17, 15) is 0 Å². The highest BCUT2D eigenvalue weighted by atomic mass is 14.8. The van der Waals surface area contributed by atoms with E-state index >= 15 is 0 Å². The minimum Gasteiger partial charge on any atom is -0.259 e. The Hall–Kier alpha value is -6.52. The minimum absolute atomic E-state index is 0.828. The molecule has 2 aliphatic rings. The summed E-state index contributed by atoms with van der Waals surface area (Å²) in [7, 11) is 0. The number of rotatable bonds is 7. The number of nitrogens with zero attached hydrogens (tertiary/aromatic N) is 4. The fourth-order valence-corrected chi connectivity index (χ4v) is 7.69. The first-order chi connectivity index (χ1) is 26.5. The van der Waals surface area contributed by atoms with Crippen LogP contribution in [0.15, 0.2) is 156 Å². The Balaban J connectivity index is 0.958. The lowest BCUT2D eigenvalue weighted by Gasteiger charge is -2.15. The summed E-state index contributed by atoms with van der Waals surface area (Å²) >= 11 is 0. The van der Waals surface area contributed by atoms with Crippen LogP contribution in [0.1, 0.15) is 47.1 Å². The molecule has 2 aromatic heterocycles. The summed E-state index contributed by atoms with van der Waals surface area (Å²) in [6.45, 7) is 8.36. The van der Waals surface area contributed by atoms with Gasteiger partial charge in [-0.2, -0.15) is 0 Å². The summed E-state index contributed by atoms with van der Waals surface area (Å²) in [5.74, 6) is 0. The predicted octanol–water partition coefficient (Wildman–Crippen LogP) is 13.1. The zero-order valence-electron chi connectivity index (χ0n) is 30.7. The van der Waals surface area contributed by atoms with Crippen LogP contribution >= 0.6 is 0 Å².